The third-order valence-corrected chi connectivity index (χ3v) is 1.56. The van der Waals surface area contributed by atoms with Crippen molar-refractivity contribution < 1.29 is 9.90 Å². The number of aliphatic hydroxyl groups excluding tert-OH is 1. The number of carbonyl (C=O) groups is 1. The molecule has 0 aliphatic heterocycles. The summed E-state index contributed by atoms with van der Waals surface area (Å²) in [4.78, 5) is 10.6. The van der Waals surface area contributed by atoms with Crippen LogP contribution in [-0.2, 0) is 4.79 Å². The van der Waals surface area contributed by atoms with Gasteiger partial charge in [-0.1, -0.05) is 6.92 Å². The fourth-order valence-electron chi connectivity index (χ4n) is 0.945. The molecular weight excluding hydrogens is 154 g/mol. The van der Waals surface area contributed by atoms with Crippen LogP contribution in [0.1, 0.15) is 27.2 Å². The Bertz CT molecular complexity index is 171. The molecule has 0 heterocycles. The number of hydrogen-bond acceptors (Lipinski definition) is 3. The van der Waals surface area contributed by atoms with Crippen LogP contribution in [0, 0.1) is 0 Å². The minimum Gasteiger partial charge on any atom is -0.394 e. The van der Waals surface area contributed by atoms with E-state index in [9.17, 15) is 4.79 Å². The zero-order chi connectivity index (χ0) is 9.56. The standard InChI is InChI=1S/C9H17NO2/c1-4-9(6-11)10-7(2)5-8(3)12/h5,9-11H,4,6H2,1-3H3/b7-5-/t9-/m0/s1. The van der Waals surface area contributed by atoms with Gasteiger partial charge < -0.3 is 10.4 Å². The van der Waals surface area contributed by atoms with Crippen molar-refractivity contribution in [2.75, 3.05) is 6.61 Å². The molecule has 0 aliphatic rings. The van der Waals surface area contributed by atoms with Crippen LogP contribution in [0.4, 0.5) is 0 Å². The Morgan fingerprint density at radius 3 is 2.50 bits per heavy atom. The number of carbonyl (C=O) groups excluding carboxylic acids is 1. The van der Waals surface area contributed by atoms with Crippen molar-refractivity contribution in [3.05, 3.63) is 11.8 Å². The van der Waals surface area contributed by atoms with Crippen LogP contribution in [0.5, 0.6) is 0 Å². The lowest BCUT2D eigenvalue weighted by Crippen LogP contribution is -2.30. The first-order chi connectivity index (χ1) is 5.60. The summed E-state index contributed by atoms with van der Waals surface area (Å²) in [5.74, 6) is 0.0211. The summed E-state index contributed by atoms with van der Waals surface area (Å²) in [5, 5.41) is 11.9. The summed E-state index contributed by atoms with van der Waals surface area (Å²) in [6.07, 6.45) is 2.37. The van der Waals surface area contributed by atoms with Crippen molar-refractivity contribution >= 4 is 5.78 Å². The number of hydrogen-bond donors (Lipinski definition) is 2. The Balaban J connectivity index is 3.97. The van der Waals surface area contributed by atoms with E-state index in [1.54, 1.807) is 0 Å². The monoisotopic (exact) mass is 171 g/mol. The second-order valence-corrected chi connectivity index (χ2v) is 2.87. The molecule has 1 atom stereocenters. The third kappa shape index (κ3) is 4.91. The Labute approximate surface area is 73.5 Å². The van der Waals surface area contributed by atoms with Gasteiger partial charge in [-0.05, 0) is 26.3 Å². The summed E-state index contributed by atoms with van der Waals surface area (Å²) in [7, 11) is 0. The van der Waals surface area contributed by atoms with Gasteiger partial charge in [0.05, 0.1) is 6.61 Å². The molecule has 3 heteroatoms. The van der Waals surface area contributed by atoms with Gasteiger partial charge in [0.1, 0.15) is 0 Å². The van der Waals surface area contributed by atoms with Crippen molar-refractivity contribution in [3.8, 4) is 0 Å². The minimum absolute atomic E-state index is 0.0211. The van der Waals surface area contributed by atoms with Crippen molar-refractivity contribution in [2.24, 2.45) is 0 Å². The third-order valence-electron chi connectivity index (χ3n) is 1.56. The summed E-state index contributed by atoms with van der Waals surface area (Å²) in [6.45, 7) is 5.40. The highest BCUT2D eigenvalue weighted by Gasteiger charge is 2.02. The predicted molar refractivity (Wildman–Crippen MR) is 48.7 cm³/mol. The Morgan fingerprint density at radius 1 is 1.58 bits per heavy atom. The van der Waals surface area contributed by atoms with E-state index in [1.165, 1.54) is 13.0 Å². The molecular formula is C9H17NO2. The second kappa shape index (κ2) is 5.77. The molecule has 0 bridgehead atoms. The van der Waals surface area contributed by atoms with Gasteiger partial charge in [0.25, 0.3) is 0 Å². The highest BCUT2D eigenvalue weighted by Crippen LogP contribution is 1.95. The fraction of sp³-hybridized carbons (Fsp3) is 0.667. The lowest BCUT2D eigenvalue weighted by Gasteiger charge is -2.15. The highest BCUT2D eigenvalue weighted by atomic mass is 16.3. The van der Waals surface area contributed by atoms with Crippen molar-refractivity contribution in [3.63, 3.8) is 0 Å². The zero-order valence-electron chi connectivity index (χ0n) is 7.92. The van der Waals surface area contributed by atoms with Gasteiger partial charge in [-0.15, -0.1) is 0 Å². The topological polar surface area (TPSA) is 49.3 Å². The van der Waals surface area contributed by atoms with Crippen LogP contribution < -0.4 is 5.32 Å². The predicted octanol–water partition coefficient (Wildman–Crippen LogP) is 0.840. The van der Waals surface area contributed by atoms with Crippen LogP contribution >= 0.6 is 0 Å². The number of nitrogens with one attached hydrogen (secondary N) is 1. The van der Waals surface area contributed by atoms with E-state index in [1.807, 2.05) is 13.8 Å². The van der Waals surface area contributed by atoms with Crippen LogP contribution in [0.3, 0.4) is 0 Å². The molecule has 0 rings (SSSR count). The van der Waals surface area contributed by atoms with Gasteiger partial charge in [-0.2, -0.15) is 0 Å². The molecule has 3 nitrogen and oxygen atoms in total. The number of rotatable bonds is 5. The SMILES string of the molecule is CC[C@@H](CO)N/C(C)=C\C(C)=O. The Hall–Kier alpha value is -0.830. The first kappa shape index (κ1) is 11.2. The average Bonchev–Trinajstić information content (AvgIpc) is 1.98. The number of ketones is 1. The van der Waals surface area contributed by atoms with Gasteiger partial charge in [0.2, 0.25) is 0 Å². The lowest BCUT2D eigenvalue weighted by atomic mass is 10.2. The quantitative estimate of drug-likeness (QED) is 0.603. The van der Waals surface area contributed by atoms with Gasteiger partial charge >= 0.3 is 0 Å². The summed E-state index contributed by atoms with van der Waals surface area (Å²) in [5.41, 5.74) is 0.809. The second-order valence-electron chi connectivity index (χ2n) is 2.87. The molecule has 0 fully saturated rings. The molecule has 2 N–H and O–H groups in total. The molecule has 0 aromatic carbocycles. The number of allylic oxidation sites excluding steroid dienone is 2. The van der Waals surface area contributed by atoms with E-state index in [0.717, 1.165) is 12.1 Å². The van der Waals surface area contributed by atoms with Crippen molar-refractivity contribution in [2.45, 2.75) is 33.2 Å². The fourth-order valence-corrected chi connectivity index (χ4v) is 0.945. The van der Waals surface area contributed by atoms with Gasteiger partial charge in [0, 0.05) is 11.7 Å². The van der Waals surface area contributed by atoms with Crippen LogP contribution in [0.15, 0.2) is 11.8 Å². The van der Waals surface area contributed by atoms with Crippen molar-refractivity contribution in [1.82, 2.24) is 5.32 Å². The summed E-state index contributed by atoms with van der Waals surface area (Å²) < 4.78 is 0. The summed E-state index contributed by atoms with van der Waals surface area (Å²) >= 11 is 0. The summed E-state index contributed by atoms with van der Waals surface area (Å²) in [6, 6.07) is 0.0561. The molecule has 0 aromatic rings. The van der Waals surface area contributed by atoms with E-state index in [0.29, 0.717) is 0 Å². The molecule has 0 radical (unpaired) electrons. The van der Waals surface area contributed by atoms with E-state index >= 15 is 0 Å². The molecule has 0 aromatic heterocycles. The van der Waals surface area contributed by atoms with Gasteiger partial charge in [-0.25, -0.2) is 0 Å². The molecule has 12 heavy (non-hydrogen) atoms. The van der Waals surface area contributed by atoms with E-state index in [4.69, 9.17) is 5.11 Å². The highest BCUT2D eigenvalue weighted by molar-refractivity contribution is 5.87. The Kier molecular flexibility index (Phi) is 5.37. The molecule has 0 unspecified atom stereocenters. The van der Waals surface area contributed by atoms with Crippen LogP contribution in [0.25, 0.3) is 0 Å². The van der Waals surface area contributed by atoms with Crippen molar-refractivity contribution in [1.29, 1.82) is 0 Å². The molecule has 0 spiro atoms. The van der Waals surface area contributed by atoms with Crippen LogP contribution in [0.2, 0.25) is 0 Å². The smallest absolute Gasteiger partial charge is 0.154 e. The largest absolute Gasteiger partial charge is 0.394 e. The van der Waals surface area contributed by atoms with E-state index in [-0.39, 0.29) is 18.4 Å². The molecule has 70 valence electrons. The normalized spacial score (nSPS) is 14.2. The van der Waals surface area contributed by atoms with E-state index < -0.39 is 0 Å². The maximum atomic E-state index is 10.6. The lowest BCUT2D eigenvalue weighted by molar-refractivity contribution is -0.112. The number of aliphatic hydroxyl groups is 1. The zero-order valence-corrected chi connectivity index (χ0v) is 7.92. The molecule has 0 saturated heterocycles. The molecule has 0 saturated carbocycles. The average molecular weight is 171 g/mol. The van der Waals surface area contributed by atoms with Crippen LogP contribution in [-0.4, -0.2) is 23.5 Å². The Morgan fingerprint density at radius 2 is 2.17 bits per heavy atom. The minimum atomic E-state index is 0.0211. The first-order valence-electron chi connectivity index (χ1n) is 4.16. The van der Waals surface area contributed by atoms with E-state index in [2.05, 4.69) is 5.32 Å². The maximum absolute atomic E-state index is 10.6. The van der Waals surface area contributed by atoms with Gasteiger partial charge in [0.15, 0.2) is 5.78 Å². The first-order valence-corrected chi connectivity index (χ1v) is 4.16. The molecule has 0 aliphatic carbocycles. The molecule has 0 amide bonds. The maximum Gasteiger partial charge on any atom is 0.154 e. The van der Waals surface area contributed by atoms with Gasteiger partial charge in [-0.3, -0.25) is 4.79 Å².